The summed E-state index contributed by atoms with van der Waals surface area (Å²) in [5.74, 6) is -0.887. The van der Waals surface area contributed by atoms with E-state index in [4.69, 9.17) is 5.11 Å². The van der Waals surface area contributed by atoms with Crippen LogP contribution >= 0.6 is 0 Å². The minimum atomic E-state index is -0.887. The lowest BCUT2D eigenvalue weighted by Crippen LogP contribution is -2.61. The average molecular weight is 382 g/mol. The Morgan fingerprint density at radius 1 is 1.11 bits per heavy atom. The standard InChI is InChI=1S/C23H31N3O2/c1-2-3-13-23(21-7-5-4-6-8-21,26-16-14-24-15-17-26)25-18-19-9-11-20(12-10-19)22(27)28/h4-12,24-25H,2-3,13-18H2,1H3,(H,27,28). The summed E-state index contributed by atoms with van der Waals surface area (Å²) in [5.41, 5.74) is 2.50. The average Bonchev–Trinajstić information content (AvgIpc) is 2.76. The van der Waals surface area contributed by atoms with Crippen LogP contribution in [0.2, 0.25) is 0 Å². The van der Waals surface area contributed by atoms with Crippen molar-refractivity contribution in [3.63, 3.8) is 0 Å². The molecule has 0 spiro atoms. The summed E-state index contributed by atoms with van der Waals surface area (Å²) in [4.78, 5) is 13.7. The van der Waals surface area contributed by atoms with E-state index in [2.05, 4.69) is 52.8 Å². The van der Waals surface area contributed by atoms with Gasteiger partial charge in [-0.2, -0.15) is 0 Å². The maximum absolute atomic E-state index is 11.1. The molecule has 1 unspecified atom stereocenters. The predicted molar refractivity (Wildman–Crippen MR) is 112 cm³/mol. The van der Waals surface area contributed by atoms with Crippen LogP contribution in [0.4, 0.5) is 0 Å². The Morgan fingerprint density at radius 2 is 1.79 bits per heavy atom. The summed E-state index contributed by atoms with van der Waals surface area (Å²) >= 11 is 0. The molecule has 1 saturated heterocycles. The fourth-order valence-electron chi connectivity index (χ4n) is 3.99. The second-order valence-corrected chi connectivity index (χ2v) is 7.42. The van der Waals surface area contributed by atoms with Gasteiger partial charge in [-0.3, -0.25) is 10.2 Å². The third kappa shape index (κ3) is 4.79. The Labute approximate surface area is 167 Å². The summed E-state index contributed by atoms with van der Waals surface area (Å²) in [6.45, 7) is 6.93. The zero-order chi connectivity index (χ0) is 19.8. The number of hydrogen-bond donors (Lipinski definition) is 3. The van der Waals surface area contributed by atoms with E-state index in [1.807, 2.05) is 12.1 Å². The molecule has 5 heteroatoms. The third-order valence-electron chi connectivity index (χ3n) is 5.59. The molecule has 2 aromatic carbocycles. The van der Waals surface area contributed by atoms with E-state index in [-0.39, 0.29) is 5.66 Å². The summed E-state index contributed by atoms with van der Waals surface area (Å²) in [5, 5.41) is 16.5. The topological polar surface area (TPSA) is 64.6 Å². The van der Waals surface area contributed by atoms with Crippen molar-refractivity contribution in [1.29, 1.82) is 0 Å². The maximum atomic E-state index is 11.1. The van der Waals surface area contributed by atoms with Gasteiger partial charge >= 0.3 is 5.97 Å². The number of carboxylic acid groups (broad SMARTS) is 1. The normalized spacial score (nSPS) is 17.2. The van der Waals surface area contributed by atoms with Crippen LogP contribution in [0, 0.1) is 0 Å². The smallest absolute Gasteiger partial charge is 0.335 e. The molecule has 1 aliphatic heterocycles. The molecular formula is C23H31N3O2. The highest BCUT2D eigenvalue weighted by molar-refractivity contribution is 5.87. The van der Waals surface area contributed by atoms with Crippen molar-refractivity contribution in [2.75, 3.05) is 26.2 Å². The Balaban J connectivity index is 1.88. The fraction of sp³-hybridized carbons (Fsp3) is 0.435. The number of benzene rings is 2. The molecule has 0 aromatic heterocycles. The van der Waals surface area contributed by atoms with E-state index in [1.54, 1.807) is 12.1 Å². The first kappa shape index (κ1) is 20.5. The summed E-state index contributed by atoms with van der Waals surface area (Å²) in [6.07, 6.45) is 3.33. The zero-order valence-electron chi connectivity index (χ0n) is 16.7. The van der Waals surface area contributed by atoms with E-state index in [0.29, 0.717) is 12.1 Å². The molecule has 150 valence electrons. The predicted octanol–water partition coefficient (Wildman–Crippen LogP) is 3.42. The van der Waals surface area contributed by atoms with Crippen molar-refractivity contribution in [2.24, 2.45) is 0 Å². The van der Waals surface area contributed by atoms with E-state index in [1.165, 1.54) is 5.56 Å². The molecule has 0 amide bonds. The van der Waals surface area contributed by atoms with Gasteiger partial charge in [-0.25, -0.2) is 4.79 Å². The van der Waals surface area contributed by atoms with E-state index < -0.39 is 5.97 Å². The molecule has 5 nitrogen and oxygen atoms in total. The van der Waals surface area contributed by atoms with Crippen LogP contribution in [0.1, 0.15) is 47.7 Å². The molecule has 3 N–H and O–H groups in total. The quantitative estimate of drug-likeness (QED) is 0.621. The SMILES string of the molecule is CCCCC(NCc1ccc(C(=O)O)cc1)(c1ccccc1)N1CCNCC1. The highest BCUT2D eigenvalue weighted by atomic mass is 16.4. The molecule has 1 fully saturated rings. The third-order valence-corrected chi connectivity index (χ3v) is 5.59. The van der Waals surface area contributed by atoms with Crippen molar-refractivity contribution in [3.05, 3.63) is 71.3 Å². The van der Waals surface area contributed by atoms with Gasteiger partial charge in [0.25, 0.3) is 0 Å². The Kier molecular flexibility index (Phi) is 7.20. The number of hydrogen-bond acceptors (Lipinski definition) is 4. The number of piperazine rings is 1. The van der Waals surface area contributed by atoms with Gasteiger partial charge in [-0.05, 0) is 29.7 Å². The largest absolute Gasteiger partial charge is 0.478 e. The highest BCUT2D eigenvalue weighted by Crippen LogP contribution is 2.32. The molecule has 28 heavy (non-hydrogen) atoms. The Hall–Kier alpha value is -2.21. The maximum Gasteiger partial charge on any atom is 0.335 e. The first-order valence-corrected chi connectivity index (χ1v) is 10.2. The Morgan fingerprint density at radius 3 is 2.39 bits per heavy atom. The lowest BCUT2D eigenvalue weighted by Gasteiger charge is -2.47. The molecular weight excluding hydrogens is 350 g/mol. The second-order valence-electron chi connectivity index (χ2n) is 7.42. The minimum Gasteiger partial charge on any atom is -0.478 e. The van der Waals surface area contributed by atoms with Crippen LogP contribution in [-0.4, -0.2) is 42.2 Å². The first-order chi connectivity index (χ1) is 13.7. The Bertz CT molecular complexity index is 742. The van der Waals surface area contributed by atoms with Crippen LogP contribution in [0.15, 0.2) is 54.6 Å². The van der Waals surface area contributed by atoms with Crippen molar-refractivity contribution in [2.45, 2.75) is 38.4 Å². The molecule has 1 atom stereocenters. The minimum absolute atomic E-state index is 0.217. The second kappa shape index (κ2) is 9.82. The molecule has 3 rings (SSSR count). The van der Waals surface area contributed by atoms with E-state index in [0.717, 1.165) is 51.0 Å². The van der Waals surface area contributed by atoms with E-state index >= 15 is 0 Å². The fourth-order valence-corrected chi connectivity index (χ4v) is 3.99. The van der Waals surface area contributed by atoms with Crippen molar-refractivity contribution >= 4 is 5.97 Å². The van der Waals surface area contributed by atoms with Crippen LogP contribution in [-0.2, 0) is 12.2 Å². The lowest BCUT2D eigenvalue weighted by atomic mass is 9.90. The number of carboxylic acids is 1. The summed E-state index contributed by atoms with van der Waals surface area (Å²) < 4.78 is 0. The number of rotatable bonds is 9. The van der Waals surface area contributed by atoms with Gasteiger partial charge in [0, 0.05) is 32.7 Å². The number of nitrogens with one attached hydrogen (secondary N) is 2. The van der Waals surface area contributed by atoms with Crippen LogP contribution in [0.25, 0.3) is 0 Å². The molecule has 1 aliphatic rings. The van der Waals surface area contributed by atoms with Crippen LogP contribution < -0.4 is 10.6 Å². The molecule has 0 radical (unpaired) electrons. The van der Waals surface area contributed by atoms with Crippen molar-refractivity contribution in [3.8, 4) is 0 Å². The highest BCUT2D eigenvalue weighted by Gasteiger charge is 2.38. The number of unbranched alkanes of at least 4 members (excludes halogenated alkanes) is 1. The van der Waals surface area contributed by atoms with E-state index in [9.17, 15) is 4.79 Å². The molecule has 0 bridgehead atoms. The van der Waals surface area contributed by atoms with Gasteiger partial charge in [0.05, 0.1) is 11.2 Å². The van der Waals surface area contributed by atoms with Crippen LogP contribution in [0.5, 0.6) is 0 Å². The molecule has 1 heterocycles. The summed E-state index contributed by atoms with van der Waals surface area (Å²) in [6, 6.07) is 17.9. The van der Waals surface area contributed by atoms with Gasteiger partial charge in [-0.15, -0.1) is 0 Å². The number of nitrogens with zero attached hydrogens (tertiary/aromatic N) is 1. The van der Waals surface area contributed by atoms with Crippen molar-refractivity contribution < 1.29 is 9.90 Å². The van der Waals surface area contributed by atoms with Crippen molar-refractivity contribution in [1.82, 2.24) is 15.5 Å². The van der Waals surface area contributed by atoms with Crippen LogP contribution in [0.3, 0.4) is 0 Å². The number of carbonyl (C=O) groups is 1. The van der Waals surface area contributed by atoms with Gasteiger partial charge in [0.1, 0.15) is 0 Å². The lowest BCUT2D eigenvalue weighted by molar-refractivity contribution is 0.0270. The van der Waals surface area contributed by atoms with Gasteiger partial charge in [0.15, 0.2) is 0 Å². The van der Waals surface area contributed by atoms with Gasteiger partial charge in [0.2, 0.25) is 0 Å². The monoisotopic (exact) mass is 381 g/mol. The molecule has 0 aliphatic carbocycles. The summed E-state index contributed by atoms with van der Waals surface area (Å²) in [7, 11) is 0. The first-order valence-electron chi connectivity index (χ1n) is 10.2. The zero-order valence-corrected chi connectivity index (χ0v) is 16.7. The number of aromatic carboxylic acids is 1. The van der Waals surface area contributed by atoms with Gasteiger partial charge in [-0.1, -0.05) is 62.2 Å². The van der Waals surface area contributed by atoms with Gasteiger partial charge < -0.3 is 10.4 Å². The molecule has 0 saturated carbocycles. The molecule has 2 aromatic rings.